The number of carbonyl (C=O) groups is 3. The number of esters is 1. The maximum atomic E-state index is 14.0. The Balaban J connectivity index is 1.83. The van der Waals surface area contributed by atoms with Crippen molar-refractivity contribution in [1.29, 1.82) is 0 Å². The van der Waals surface area contributed by atoms with E-state index in [4.69, 9.17) is 33.2 Å². The molecule has 0 atom stereocenters. The van der Waals surface area contributed by atoms with Crippen molar-refractivity contribution in [3.8, 4) is 34.5 Å². The first-order valence-corrected chi connectivity index (χ1v) is 12.9. The summed E-state index contributed by atoms with van der Waals surface area (Å²) < 4.78 is 37.6. The summed E-state index contributed by atoms with van der Waals surface area (Å²) in [4.78, 5) is 38.6. The van der Waals surface area contributed by atoms with Gasteiger partial charge in [-0.2, -0.15) is 0 Å². The highest BCUT2D eigenvalue weighted by Crippen LogP contribution is 2.41. The number of carboxylic acids is 1. The van der Waals surface area contributed by atoms with E-state index < -0.39 is 17.7 Å². The van der Waals surface area contributed by atoms with Gasteiger partial charge in [0.1, 0.15) is 5.75 Å². The first kappa shape index (κ1) is 29.8. The molecular formula is C31H30O11. The molecule has 4 rings (SSSR count). The van der Waals surface area contributed by atoms with Crippen molar-refractivity contribution in [2.75, 3.05) is 41.3 Å². The number of ether oxygens (including phenoxy) is 7. The van der Waals surface area contributed by atoms with Gasteiger partial charge in [0, 0.05) is 17.6 Å². The number of hydrogen-bond acceptors (Lipinski definition) is 10. The van der Waals surface area contributed by atoms with Crippen LogP contribution in [-0.2, 0) is 20.7 Å². The van der Waals surface area contributed by atoms with Gasteiger partial charge < -0.3 is 38.3 Å². The van der Waals surface area contributed by atoms with E-state index in [1.807, 2.05) is 0 Å². The fraction of sp³-hybridized carbons (Fsp3) is 0.258. The van der Waals surface area contributed by atoms with Gasteiger partial charge in [0.15, 0.2) is 35.4 Å². The van der Waals surface area contributed by atoms with Crippen LogP contribution >= 0.6 is 0 Å². The van der Waals surface area contributed by atoms with Gasteiger partial charge in [-0.05, 0) is 66.6 Å². The zero-order valence-corrected chi connectivity index (χ0v) is 23.6. The van der Waals surface area contributed by atoms with E-state index in [0.717, 1.165) is 0 Å². The van der Waals surface area contributed by atoms with E-state index in [2.05, 4.69) is 0 Å². The molecule has 0 fully saturated rings. The molecule has 0 bridgehead atoms. The minimum absolute atomic E-state index is 0.00386. The molecule has 1 heterocycles. The predicted octanol–water partition coefficient (Wildman–Crippen LogP) is 4.35. The Labute approximate surface area is 242 Å². The molecule has 0 unspecified atom stereocenters. The fourth-order valence-electron chi connectivity index (χ4n) is 4.39. The van der Waals surface area contributed by atoms with Crippen LogP contribution in [0.4, 0.5) is 0 Å². The molecule has 0 radical (unpaired) electrons. The Kier molecular flexibility index (Phi) is 9.53. The van der Waals surface area contributed by atoms with Gasteiger partial charge in [-0.15, -0.1) is 0 Å². The lowest BCUT2D eigenvalue weighted by molar-refractivity contribution is -0.145. The maximum absolute atomic E-state index is 14.0. The smallest absolute Gasteiger partial charge is 0.344 e. The van der Waals surface area contributed by atoms with Crippen molar-refractivity contribution in [1.82, 2.24) is 0 Å². The number of ketones is 1. The summed E-state index contributed by atoms with van der Waals surface area (Å²) in [5.74, 6) is -0.427. The predicted molar refractivity (Wildman–Crippen MR) is 150 cm³/mol. The van der Waals surface area contributed by atoms with E-state index in [9.17, 15) is 19.5 Å². The lowest BCUT2D eigenvalue weighted by atomic mass is 9.89. The second-order valence-corrected chi connectivity index (χ2v) is 8.88. The Morgan fingerprint density at radius 3 is 2.07 bits per heavy atom. The molecule has 0 amide bonds. The molecule has 220 valence electrons. The van der Waals surface area contributed by atoms with Crippen molar-refractivity contribution >= 4 is 23.3 Å². The molecular weight excluding hydrogens is 548 g/mol. The molecule has 0 spiro atoms. The molecule has 1 aliphatic rings. The lowest BCUT2D eigenvalue weighted by Crippen LogP contribution is -2.16. The highest BCUT2D eigenvalue weighted by molar-refractivity contribution is 6.26. The molecule has 11 heteroatoms. The van der Waals surface area contributed by atoms with Crippen LogP contribution in [0.3, 0.4) is 0 Å². The first-order chi connectivity index (χ1) is 20.3. The van der Waals surface area contributed by atoms with Crippen molar-refractivity contribution in [3.63, 3.8) is 0 Å². The Morgan fingerprint density at radius 1 is 0.833 bits per heavy atom. The lowest BCUT2D eigenvalue weighted by Gasteiger charge is -2.18. The highest BCUT2D eigenvalue weighted by atomic mass is 16.7. The van der Waals surface area contributed by atoms with Crippen LogP contribution in [0.5, 0.6) is 34.5 Å². The Hall–Kier alpha value is -5.19. The van der Waals surface area contributed by atoms with Crippen molar-refractivity contribution in [2.45, 2.75) is 13.3 Å². The second kappa shape index (κ2) is 13.4. The van der Waals surface area contributed by atoms with Gasteiger partial charge in [-0.25, -0.2) is 9.59 Å². The molecule has 42 heavy (non-hydrogen) atoms. The number of rotatable bonds is 13. The van der Waals surface area contributed by atoms with Crippen LogP contribution < -0.4 is 28.4 Å². The van der Waals surface area contributed by atoms with E-state index in [-0.39, 0.29) is 65.9 Å². The van der Waals surface area contributed by atoms with Crippen LogP contribution in [-0.4, -0.2) is 64.2 Å². The average Bonchev–Trinajstić information content (AvgIpc) is 3.47. The van der Waals surface area contributed by atoms with Gasteiger partial charge in [0.2, 0.25) is 12.5 Å². The van der Waals surface area contributed by atoms with Crippen LogP contribution in [0, 0.1) is 0 Å². The molecule has 0 saturated heterocycles. The largest absolute Gasteiger partial charge is 0.497 e. The Morgan fingerprint density at radius 2 is 1.48 bits per heavy atom. The van der Waals surface area contributed by atoms with Crippen LogP contribution in [0.25, 0.3) is 5.57 Å². The summed E-state index contributed by atoms with van der Waals surface area (Å²) in [6.45, 7) is 1.50. The molecule has 11 nitrogen and oxygen atoms in total. The zero-order chi connectivity index (χ0) is 30.2. The third-order valence-corrected chi connectivity index (χ3v) is 6.34. The van der Waals surface area contributed by atoms with Crippen molar-refractivity contribution in [2.24, 2.45) is 0 Å². The number of fused-ring (bicyclic) bond motifs is 1. The number of aliphatic carboxylic acids is 1. The van der Waals surface area contributed by atoms with Crippen LogP contribution in [0.2, 0.25) is 0 Å². The monoisotopic (exact) mass is 578 g/mol. The number of Topliss-reactive ketones (excluding diaryl/α,β-unsaturated/α-hetero) is 1. The minimum atomic E-state index is -1.31. The molecule has 1 aliphatic heterocycles. The molecule has 1 N–H and O–H groups in total. The molecule has 0 aliphatic carbocycles. The zero-order valence-electron chi connectivity index (χ0n) is 23.6. The second-order valence-electron chi connectivity index (χ2n) is 8.88. The third-order valence-electron chi connectivity index (χ3n) is 6.34. The topological polar surface area (TPSA) is 136 Å². The quantitative estimate of drug-likeness (QED) is 0.176. The number of benzene rings is 3. The highest BCUT2D eigenvalue weighted by Gasteiger charge is 2.27. The summed E-state index contributed by atoms with van der Waals surface area (Å²) in [6, 6.07) is 14.2. The van der Waals surface area contributed by atoms with E-state index in [1.54, 1.807) is 55.5 Å². The number of allylic oxidation sites excluding steroid dienone is 1. The number of hydrogen-bond donors (Lipinski definition) is 1. The molecule has 0 saturated carbocycles. The van der Waals surface area contributed by atoms with Crippen molar-refractivity contribution in [3.05, 3.63) is 76.9 Å². The van der Waals surface area contributed by atoms with E-state index >= 15 is 0 Å². The summed E-state index contributed by atoms with van der Waals surface area (Å²) in [5, 5.41) is 10.4. The summed E-state index contributed by atoms with van der Waals surface area (Å²) in [6.07, 6.45) is -0.119. The van der Waals surface area contributed by atoms with Gasteiger partial charge in [-0.1, -0.05) is 6.07 Å². The average molecular weight is 579 g/mol. The molecule has 0 aromatic heterocycles. The standard InChI is InChI=1S/C31H30O11/c1-5-39-27(32)16-40-30-25(37-3)13-18(14-26(30)38-4)12-22(29(33)19-6-9-21(36-2)10-7-19)28(31(34)35)20-8-11-23-24(15-20)42-17-41-23/h6-11,13-15H,5,12,16-17H2,1-4H3,(H,34,35). The molecule has 3 aromatic rings. The van der Waals surface area contributed by atoms with E-state index in [1.165, 1.54) is 27.4 Å². The number of methoxy groups -OCH3 is 3. The molecule has 3 aromatic carbocycles. The van der Waals surface area contributed by atoms with E-state index in [0.29, 0.717) is 22.8 Å². The van der Waals surface area contributed by atoms with Crippen LogP contribution in [0.15, 0.2) is 60.2 Å². The van der Waals surface area contributed by atoms with Crippen LogP contribution in [0.1, 0.15) is 28.4 Å². The maximum Gasteiger partial charge on any atom is 0.344 e. The minimum Gasteiger partial charge on any atom is -0.497 e. The third kappa shape index (κ3) is 6.57. The summed E-state index contributed by atoms with van der Waals surface area (Å²) in [5.41, 5.74) is 0.796. The SMILES string of the molecule is CCOC(=O)COc1c(OC)cc(CC(C(=O)c2ccc(OC)cc2)=C(C(=O)O)c2ccc3c(c2)OCO3)cc1OC. The van der Waals surface area contributed by atoms with Crippen molar-refractivity contribution < 1.29 is 52.6 Å². The van der Waals surface area contributed by atoms with Gasteiger partial charge in [-0.3, -0.25) is 4.79 Å². The fourth-order valence-corrected chi connectivity index (χ4v) is 4.39. The number of carboxylic acid groups (broad SMARTS) is 1. The first-order valence-electron chi connectivity index (χ1n) is 12.9. The van der Waals surface area contributed by atoms with Gasteiger partial charge in [0.05, 0.1) is 33.5 Å². The van der Waals surface area contributed by atoms with Gasteiger partial charge >= 0.3 is 11.9 Å². The normalized spacial score (nSPS) is 12.2. The Bertz CT molecular complexity index is 1480. The summed E-state index contributed by atoms with van der Waals surface area (Å²) in [7, 11) is 4.32. The summed E-state index contributed by atoms with van der Waals surface area (Å²) >= 11 is 0. The van der Waals surface area contributed by atoms with Gasteiger partial charge in [0.25, 0.3) is 0 Å². The number of carbonyl (C=O) groups excluding carboxylic acids is 2.